The highest BCUT2D eigenvalue weighted by atomic mass is 15.2. The lowest BCUT2D eigenvalue weighted by molar-refractivity contribution is 0.200. The van der Waals surface area contributed by atoms with Crippen LogP contribution in [-0.4, -0.2) is 75.2 Å². The minimum atomic E-state index is 1.14. The van der Waals surface area contributed by atoms with Gasteiger partial charge in [0, 0.05) is 39.3 Å². The van der Waals surface area contributed by atoms with Crippen molar-refractivity contribution in [2.75, 3.05) is 65.4 Å². The maximum absolute atomic E-state index is 3.60. The third-order valence-electron chi connectivity index (χ3n) is 5.01. The molecule has 0 aromatic rings. The van der Waals surface area contributed by atoms with Gasteiger partial charge in [-0.05, 0) is 51.9 Å². The largest absolute Gasteiger partial charge is 0.315 e. The minimum Gasteiger partial charge on any atom is -0.315 e. The summed E-state index contributed by atoms with van der Waals surface area (Å²) in [4.78, 5) is 5.35. The lowest BCUT2D eigenvalue weighted by Gasteiger charge is -2.28. The van der Waals surface area contributed by atoms with Crippen LogP contribution in [0.15, 0.2) is 0 Å². The molecule has 0 fully saturated rings. The summed E-state index contributed by atoms with van der Waals surface area (Å²) in [5.74, 6) is 0. The second-order valence-corrected chi connectivity index (χ2v) is 7.60. The molecule has 0 rings (SSSR count). The van der Waals surface area contributed by atoms with Gasteiger partial charge >= 0.3 is 0 Å². The van der Waals surface area contributed by atoms with E-state index in [1.165, 1.54) is 104 Å². The molecule has 0 aliphatic rings. The summed E-state index contributed by atoms with van der Waals surface area (Å²) in [5, 5.41) is 7.21. The minimum absolute atomic E-state index is 1.14. The number of hydrogen-bond donors (Lipinski definition) is 2. The van der Waals surface area contributed by atoms with E-state index in [2.05, 4.69) is 48.1 Å². The van der Waals surface area contributed by atoms with Gasteiger partial charge in [-0.2, -0.15) is 0 Å². The summed E-state index contributed by atoms with van der Waals surface area (Å²) in [5.41, 5.74) is 0. The molecule has 0 atom stereocenters. The van der Waals surface area contributed by atoms with E-state index in [0.717, 1.165) is 13.1 Å². The van der Waals surface area contributed by atoms with Crippen LogP contribution in [0.5, 0.6) is 0 Å². The Morgan fingerprint density at radius 2 is 0.808 bits per heavy atom. The third-order valence-corrected chi connectivity index (χ3v) is 5.01. The molecule has 0 unspecified atom stereocenters. The molecule has 4 nitrogen and oxygen atoms in total. The van der Waals surface area contributed by atoms with Crippen molar-refractivity contribution in [2.45, 2.75) is 79.1 Å². The van der Waals surface area contributed by atoms with E-state index >= 15 is 0 Å². The quantitative estimate of drug-likeness (QED) is 0.299. The molecule has 0 aromatic carbocycles. The summed E-state index contributed by atoms with van der Waals surface area (Å²) in [6, 6.07) is 0. The lowest BCUT2D eigenvalue weighted by Crippen LogP contribution is -2.41. The predicted octanol–water partition coefficient (Wildman–Crippen LogP) is 3.97. The number of nitrogens with one attached hydrogen (secondary N) is 2. The van der Waals surface area contributed by atoms with Gasteiger partial charge in [-0.25, -0.2) is 0 Å². The first-order valence-corrected chi connectivity index (χ1v) is 11.6. The van der Waals surface area contributed by atoms with Gasteiger partial charge in [0.25, 0.3) is 0 Å². The molecule has 2 N–H and O–H groups in total. The maximum atomic E-state index is 3.60. The first-order valence-electron chi connectivity index (χ1n) is 11.6. The second kappa shape index (κ2) is 21.1. The molecule has 4 heteroatoms. The van der Waals surface area contributed by atoms with Crippen LogP contribution < -0.4 is 10.6 Å². The Hall–Kier alpha value is -0.160. The Labute approximate surface area is 165 Å². The molecule has 0 spiro atoms. The van der Waals surface area contributed by atoms with Crippen molar-refractivity contribution < 1.29 is 0 Å². The molecule has 0 heterocycles. The van der Waals surface area contributed by atoms with E-state index in [-0.39, 0.29) is 0 Å². The summed E-state index contributed by atoms with van der Waals surface area (Å²) < 4.78 is 0. The van der Waals surface area contributed by atoms with E-state index in [1.807, 2.05) is 0 Å². The molecule has 0 saturated carbocycles. The van der Waals surface area contributed by atoms with Crippen LogP contribution in [0.4, 0.5) is 0 Å². The van der Waals surface area contributed by atoms with Crippen LogP contribution >= 0.6 is 0 Å². The molecule has 0 bridgehead atoms. The fraction of sp³-hybridized carbons (Fsp3) is 1.00. The van der Waals surface area contributed by atoms with Gasteiger partial charge in [0.15, 0.2) is 0 Å². The van der Waals surface area contributed by atoms with E-state index in [0.29, 0.717) is 0 Å². The summed E-state index contributed by atoms with van der Waals surface area (Å²) in [6.45, 7) is 21.1. The first-order chi connectivity index (χ1) is 12.8. The molecule has 0 aliphatic carbocycles. The molecular formula is C22H50N4. The Morgan fingerprint density at radius 3 is 1.15 bits per heavy atom. The predicted molar refractivity (Wildman–Crippen MR) is 118 cm³/mol. The van der Waals surface area contributed by atoms with Crippen LogP contribution in [0.25, 0.3) is 0 Å². The number of nitrogens with zero attached hydrogens (tertiary/aromatic N) is 2. The Bertz CT molecular complexity index is 235. The first kappa shape index (κ1) is 25.8. The van der Waals surface area contributed by atoms with Crippen molar-refractivity contribution in [1.29, 1.82) is 0 Å². The molecular weight excluding hydrogens is 320 g/mol. The molecule has 0 aliphatic heterocycles. The standard InChI is InChI=1S/C22H50N4/c1-5-9-13-23-15-19-25(17-11-7-3)21-22-26(18-12-8-4)20-16-24-14-10-6-2/h23-24H,5-22H2,1-4H3. The normalized spacial score (nSPS) is 11.8. The van der Waals surface area contributed by atoms with Crippen LogP contribution in [0.3, 0.4) is 0 Å². The van der Waals surface area contributed by atoms with E-state index in [9.17, 15) is 0 Å². The Balaban J connectivity index is 4.15. The highest BCUT2D eigenvalue weighted by Crippen LogP contribution is 1.99. The van der Waals surface area contributed by atoms with Gasteiger partial charge in [-0.15, -0.1) is 0 Å². The lowest BCUT2D eigenvalue weighted by atomic mass is 10.2. The van der Waals surface area contributed by atoms with Gasteiger partial charge in [-0.1, -0.05) is 53.4 Å². The molecule has 26 heavy (non-hydrogen) atoms. The van der Waals surface area contributed by atoms with Gasteiger partial charge in [0.1, 0.15) is 0 Å². The number of rotatable bonds is 21. The highest BCUT2D eigenvalue weighted by Gasteiger charge is 2.09. The van der Waals surface area contributed by atoms with Gasteiger partial charge in [-0.3, -0.25) is 0 Å². The zero-order chi connectivity index (χ0) is 19.3. The summed E-state index contributed by atoms with van der Waals surface area (Å²) in [6.07, 6.45) is 10.4. The van der Waals surface area contributed by atoms with Crippen LogP contribution in [-0.2, 0) is 0 Å². The van der Waals surface area contributed by atoms with Crippen molar-refractivity contribution in [2.24, 2.45) is 0 Å². The average Bonchev–Trinajstić information content (AvgIpc) is 2.66. The van der Waals surface area contributed by atoms with Crippen LogP contribution in [0.2, 0.25) is 0 Å². The average molecular weight is 371 g/mol. The van der Waals surface area contributed by atoms with E-state index in [1.54, 1.807) is 0 Å². The SMILES string of the molecule is CCCCNCCN(CCCC)CCN(CCCC)CCNCCCC. The topological polar surface area (TPSA) is 30.5 Å². The zero-order valence-corrected chi connectivity index (χ0v) is 18.6. The highest BCUT2D eigenvalue weighted by molar-refractivity contribution is 4.66. The zero-order valence-electron chi connectivity index (χ0n) is 18.6. The molecule has 158 valence electrons. The molecule has 0 saturated heterocycles. The fourth-order valence-electron chi connectivity index (χ4n) is 3.04. The number of hydrogen-bond acceptors (Lipinski definition) is 4. The van der Waals surface area contributed by atoms with Gasteiger partial charge in [0.2, 0.25) is 0 Å². The van der Waals surface area contributed by atoms with Crippen molar-refractivity contribution >= 4 is 0 Å². The molecule has 0 aromatic heterocycles. The van der Waals surface area contributed by atoms with Crippen molar-refractivity contribution in [3.05, 3.63) is 0 Å². The van der Waals surface area contributed by atoms with E-state index in [4.69, 9.17) is 0 Å². The maximum Gasteiger partial charge on any atom is 0.0110 e. The van der Waals surface area contributed by atoms with Crippen LogP contribution in [0, 0.1) is 0 Å². The second-order valence-electron chi connectivity index (χ2n) is 7.60. The number of unbranched alkanes of at least 4 members (excludes halogenated alkanes) is 4. The monoisotopic (exact) mass is 370 g/mol. The van der Waals surface area contributed by atoms with Crippen LogP contribution in [0.1, 0.15) is 79.1 Å². The fourth-order valence-corrected chi connectivity index (χ4v) is 3.04. The Morgan fingerprint density at radius 1 is 0.423 bits per heavy atom. The molecule has 0 radical (unpaired) electrons. The van der Waals surface area contributed by atoms with E-state index < -0.39 is 0 Å². The smallest absolute Gasteiger partial charge is 0.0110 e. The van der Waals surface area contributed by atoms with Crippen molar-refractivity contribution in [3.63, 3.8) is 0 Å². The van der Waals surface area contributed by atoms with Gasteiger partial charge in [0.05, 0.1) is 0 Å². The van der Waals surface area contributed by atoms with Crippen molar-refractivity contribution in [1.82, 2.24) is 20.4 Å². The molecule has 0 amide bonds. The third kappa shape index (κ3) is 17.3. The van der Waals surface area contributed by atoms with Gasteiger partial charge < -0.3 is 20.4 Å². The summed E-state index contributed by atoms with van der Waals surface area (Å²) >= 11 is 0. The summed E-state index contributed by atoms with van der Waals surface area (Å²) in [7, 11) is 0. The Kier molecular flexibility index (Phi) is 21.0. The van der Waals surface area contributed by atoms with Crippen molar-refractivity contribution in [3.8, 4) is 0 Å².